The molecule has 0 spiro atoms. The Balaban J connectivity index is 1.95. The number of carbonyl (C=O) groups is 1. The lowest BCUT2D eigenvalue weighted by Gasteiger charge is -2.03. The molecule has 0 radical (unpaired) electrons. The number of hydrogen-bond acceptors (Lipinski definition) is 3. The van der Waals surface area contributed by atoms with Crippen molar-refractivity contribution < 1.29 is 4.79 Å². The van der Waals surface area contributed by atoms with Gasteiger partial charge in [0.2, 0.25) is 0 Å². The molecule has 0 saturated carbocycles. The van der Waals surface area contributed by atoms with Gasteiger partial charge in [-0.15, -0.1) is 12.6 Å². The van der Waals surface area contributed by atoms with E-state index >= 15 is 0 Å². The van der Waals surface area contributed by atoms with Crippen LogP contribution in [-0.2, 0) is 13.6 Å². The number of aromatic nitrogens is 2. The molecule has 1 aromatic heterocycles. The summed E-state index contributed by atoms with van der Waals surface area (Å²) in [4.78, 5) is 12.6. The summed E-state index contributed by atoms with van der Waals surface area (Å²) in [5.41, 5.74) is 1.46. The van der Waals surface area contributed by atoms with Crippen molar-refractivity contribution in [3.8, 4) is 0 Å². The van der Waals surface area contributed by atoms with E-state index in [1.54, 1.807) is 28.9 Å². The fourth-order valence-electron chi connectivity index (χ4n) is 1.44. The normalized spacial score (nSPS) is 10.2. The van der Waals surface area contributed by atoms with Crippen LogP contribution in [0.2, 0.25) is 0 Å². The van der Waals surface area contributed by atoms with Gasteiger partial charge in [0.25, 0.3) is 5.91 Å². The fourth-order valence-corrected chi connectivity index (χ4v) is 1.59. The third-order valence-electron chi connectivity index (χ3n) is 2.33. The van der Waals surface area contributed by atoms with Gasteiger partial charge in [0.1, 0.15) is 0 Å². The van der Waals surface area contributed by atoms with E-state index in [0.717, 1.165) is 10.6 Å². The van der Waals surface area contributed by atoms with E-state index in [4.69, 9.17) is 0 Å². The van der Waals surface area contributed by atoms with Crippen LogP contribution < -0.4 is 5.32 Å². The smallest absolute Gasteiger partial charge is 0.251 e. The topological polar surface area (TPSA) is 46.9 Å². The molecule has 1 amide bonds. The Bertz CT molecular complexity index is 519. The lowest BCUT2D eigenvalue weighted by molar-refractivity contribution is 0.0950. The molecule has 0 unspecified atom stereocenters. The third-order valence-corrected chi connectivity index (χ3v) is 2.63. The van der Waals surface area contributed by atoms with Gasteiger partial charge >= 0.3 is 0 Å². The highest BCUT2D eigenvalue weighted by Gasteiger charge is 2.05. The average Bonchev–Trinajstić information content (AvgIpc) is 2.73. The lowest BCUT2D eigenvalue weighted by atomic mass is 10.2. The molecule has 2 aromatic rings. The number of amides is 1. The first-order chi connectivity index (χ1) is 8.15. The number of thiol groups is 1. The Morgan fingerprint density at radius 1 is 1.35 bits per heavy atom. The Kier molecular flexibility index (Phi) is 3.49. The van der Waals surface area contributed by atoms with Crippen LogP contribution >= 0.6 is 12.6 Å². The largest absolute Gasteiger partial charge is 0.346 e. The van der Waals surface area contributed by atoms with Crippen LogP contribution in [0.25, 0.3) is 0 Å². The summed E-state index contributed by atoms with van der Waals surface area (Å²) in [6.45, 7) is 0.433. The summed E-state index contributed by atoms with van der Waals surface area (Å²) in [5.74, 6) is -0.107. The van der Waals surface area contributed by atoms with Gasteiger partial charge in [-0.05, 0) is 30.3 Å². The van der Waals surface area contributed by atoms with Crippen molar-refractivity contribution in [2.24, 2.45) is 7.05 Å². The van der Waals surface area contributed by atoms with Crippen LogP contribution in [0.3, 0.4) is 0 Å². The van der Waals surface area contributed by atoms with Crippen LogP contribution in [0, 0.1) is 0 Å². The van der Waals surface area contributed by atoms with Crippen molar-refractivity contribution in [2.75, 3.05) is 0 Å². The fraction of sp³-hybridized carbons (Fsp3) is 0.167. The predicted octanol–water partition coefficient (Wildman–Crippen LogP) is 1.64. The van der Waals surface area contributed by atoms with Gasteiger partial charge in [0.15, 0.2) is 0 Å². The predicted molar refractivity (Wildman–Crippen MR) is 68.1 cm³/mol. The van der Waals surface area contributed by atoms with Gasteiger partial charge < -0.3 is 5.32 Å². The van der Waals surface area contributed by atoms with E-state index < -0.39 is 0 Å². The van der Waals surface area contributed by atoms with Gasteiger partial charge in [0.05, 0.1) is 12.2 Å². The highest BCUT2D eigenvalue weighted by molar-refractivity contribution is 7.80. The number of benzene rings is 1. The van der Waals surface area contributed by atoms with Crippen LogP contribution in [0.1, 0.15) is 16.1 Å². The molecule has 0 atom stereocenters. The monoisotopic (exact) mass is 247 g/mol. The average molecular weight is 247 g/mol. The van der Waals surface area contributed by atoms with Crippen LogP contribution in [0.4, 0.5) is 0 Å². The molecule has 17 heavy (non-hydrogen) atoms. The zero-order valence-electron chi connectivity index (χ0n) is 9.42. The molecule has 88 valence electrons. The van der Waals surface area contributed by atoms with Crippen LogP contribution in [0.15, 0.2) is 41.4 Å². The van der Waals surface area contributed by atoms with Gasteiger partial charge in [0, 0.05) is 23.7 Å². The Hall–Kier alpha value is -1.75. The summed E-state index contributed by atoms with van der Waals surface area (Å²) in [5, 5.41) is 6.99. The molecule has 2 rings (SSSR count). The minimum atomic E-state index is -0.107. The van der Waals surface area contributed by atoms with Crippen molar-refractivity contribution in [1.29, 1.82) is 0 Å². The van der Waals surface area contributed by atoms with Crippen LogP contribution in [0.5, 0.6) is 0 Å². The maximum atomic E-state index is 11.8. The van der Waals surface area contributed by atoms with E-state index in [0.29, 0.717) is 12.1 Å². The maximum absolute atomic E-state index is 11.8. The molecule has 0 aliphatic rings. The summed E-state index contributed by atoms with van der Waals surface area (Å²) < 4.78 is 1.71. The SMILES string of the molecule is Cn1ccc(CNC(=O)c2ccc(S)cc2)n1. The second-order valence-corrected chi connectivity index (χ2v) is 4.23. The Morgan fingerprint density at radius 2 is 2.06 bits per heavy atom. The number of rotatable bonds is 3. The van der Waals surface area contributed by atoms with Crippen molar-refractivity contribution in [3.05, 3.63) is 47.8 Å². The third kappa shape index (κ3) is 3.10. The van der Waals surface area contributed by atoms with Gasteiger partial charge in [-0.2, -0.15) is 5.10 Å². The quantitative estimate of drug-likeness (QED) is 0.810. The zero-order chi connectivity index (χ0) is 12.3. The molecule has 0 aliphatic carbocycles. The van der Waals surface area contributed by atoms with Gasteiger partial charge in [-0.1, -0.05) is 0 Å². The maximum Gasteiger partial charge on any atom is 0.251 e. The molecule has 0 fully saturated rings. The molecular formula is C12H13N3OS. The number of hydrogen-bond donors (Lipinski definition) is 2. The van der Waals surface area contributed by atoms with Crippen LogP contribution in [-0.4, -0.2) is 15.7 Å². The molecular weight excluding hydrogens is 234 g/mol. The molecule has 5 heteroatoms. The number of carbonyl (C=O) groups excluding carboxylic acids is 1. The Morgan fingerprint density at radius 3 is 2.65 bits per heavy atom. The summed E-state index contributed by atoms with van der Waals surface area (Å²) in [6.07, 6.45) is 1.84. The highest BCUT2D eigenvalue weighted by Crippen LogP contribution is 2.07. The van der Waals surface area contributed by atoms with E-state index in [-0.39, 0.29) is 5.91 Å². The molecule has 0 aliphatic heterocycles. The molecule has 0 saturated heterocycles. The van der Waals surface area contributed by atoms with Crippen molar-refractivity contribution >= 4 is 18.5 Å². The standard InChI is InChI=1S/C12H13N3OS/c1-15-7-6-10(14-15)8-13-12(16)9-2-4-11(17)5-3-9/h2-7,17H,8H2,1H3,(H,13,16). The molecule has 1 N–H and O–H groups in total. The first-order valence-corrected chi connectivity index (χ1v) is 5.65. The Labute approximate surface area is 105 Å². The second kappa shape index (κ2) is 5.05. The molecule has 4 nitrogen and oxygen atoms in total. The summed E-state index contributed by atoms with van der Waals surface area (Å²) in [7, 11) is 1.84. The first kappa shape index (κ1) is 11.7. The highest BCUT2D eigenvalue weighted by atomic mass is 32.1. The minimum absolute atomic E-state index is 0.107. The lowest BCUT2D eigenvalue weighted by Crippen LogP contribution is -2.23. The van der Waals surface area contributed by atoms with E-state index in [9.17, 15) is 4.79 Å². The van der Waals surface area contributed by atoms with Crippen molar-refractivity contribution in [3.63, 3.8) is 0 Å². The van der Waals surface area contributed by atoms with Crippen molar-refractivity contribution in [2.45, 2.75) is 11.4 Å². The van der Waals surface area contributed by atoms with Gasteiger partial charge in [-0.3, -0.25) is 9.48 Å². The molecule has 1 heterocycles. The number of aryl methyl sites for hydroxylation is 1. The van der Waals surface area contributed by atoms with E-state index in [1.165, 1.54) is 0 Å². The molecule has 1 aromatic carbocycles. The zero-order valence-corrected chi connectivity index (χ0v) is 10.3. The van der Waals surface area contributed by atoms with Crippen molar-refractivity contribution in [1.82, 2.24) is 15.1 Å². The number of nitrogens with one attached hydrogen (secondary N) is 1. The van der Waals surface area contributed by atoms with Gasteiger partial charge in [-0.25, -0.2) is 0 Å². The summed E-state index contributed by atoms with van der Waals surface area (Å²) in [6, 6.07) is 8.95. The minimum Gasteiger partial charge on any atom is -0.346 e. The summed E-state index contributed by atoms with van der Waals surface area (Å²) >= 11 is 4.17. The second-order valence-electron chi connectivity index (χ2n) is 3.71. The molecule has 0 bridgehead atoms. The first-order valence-electron chi connectivity index (χ1n) is 5.21. The number of nitrogens with zero attached hydrogens (tertiary/aromatic N) is 2. The van der Waals surface area contributed by atoms with E-state index in [2.05, 4.69) is 23.0 Å². The van der Waals surface area contributed by atoms with E-state index in [1.807, 2.05) is 19.3 Å².